The van der Waals surface area contributed by atoms with Crippen LogP contribution < -0.4 is 0 Å². The average molecular weight is 186 g/mol. The molecule has 0 spiro atoms. The summed E-state index contributed by atoms with van der Waals surface area (Å²) >= 11 is 3.33. The fourth-order valence-electron chi connectivity index (χ4n) is 0.305. The van der Waals surface area contributed by atoms with Gasteiger partial charge in [-0.05, 0) is 0 Å². The Kier molecular flexibility index (Phi) is 3.61. The van der Waals surface area contributed by atoms with Crippen molar-refractivity contribution in [2.45, 2.75) is 0 Å². The minimum absolute atomic E-state index is 0.0764. The highest BCUT2D eigenvalue weighted by Crippen LogP contribution is 2.02. The number of hydrogen-bond donors (Lipinski definition) is 2. The maximum atomic E-state index is 10.4. The van der Waals surface area contributed by atoms with Crippen molar-refractivity contribution in [3.05, 3.63) is 10.4 Å². The molecule has 10 heavy (non-hydrogen) atoms. The molecule has 0 saturated heterocycles. The maximum absolute atomic E-state index is 10.4. The third-order valence-electron chi connectivity index (χ3n) is 0.678. The van der Waals surface area contributed by atoms with Gasteiger partial charge >= 0.3 is 5.97 Å². The third kappa shape index (κ3) is 2.50. The Morgan fingerprint density at radius 1 is 1.30 bits per heavy atom. The van der Waals surface area contributed by atoms with Crippen LogP contribution in [0.4, 0.5) is 0 Å². The molecule has 0 rings (SSSR count). The second-order valence-electron chi connectivity index (χ2n) is 1.36. The minimum atomic E-state index is -1.32. The van der Waals surface area contributed by atoms with Crippen LogP contribution in [0.3, 0.4) is 0 Å². The van der Waals surface area contributed by atoms with Gasteiger partial charge in [-0.15, -0.1) is 12.6 Å². The van der Waals surface area contributed by atoms with E-state index < -0.39 is 16.7 Å². The van der Waals surface area contributed by atoms with Crippen LogP contribution in [-0.4, -0.2) is 36.7 Å². The third-order valence-corrected chi connectivity index (χ3v) is 1.40. The second kappa shape index (κ2) is 3.74. The molecule has 50 valence electrons. The summed E-state index contributed by atoms with van der Waals surface area (Å²) in [4.78, 5) is 20.7. The van der Waals surface area contributed by atoms with E-state index in [1.165, 1.54) is 0 Å². The van der Waals surface area contributed by atoms with Gasteiger partial charge in [-0.25, -0.2) is 4.79 Å². The summed E-state index contributed by atoms with van der Waals surface area (Å²) in [6.45, 7) is 0. The van der Waals surface area contributed by atoms with Gasteiger partial charge < -0.3 is 5.11 Å². The van der Waals surface area contributed by atoms with E-state index in [2.05, 4.69) is 33.1 Å². The highest BCUT2D eigenvalue weighted by Gasteiger charge is 2.14. The lowest BCUT2D eigenvalue weighted by atomic mass is 10.3. The number of rotatable bonds is 2. The number of carboxylic acids is 1. The van der Waals surface area contributed by atoms with Gasteiger partial charge in [0, 0.05) is 0 Å². The molecular weight excluding hydrogens is 184 g/mol. The number of thiol groups is 1. The molecule has 0 aliphatic rings. The summed E-state index contributed by atoms with van der Waals surface area (Å²) in [6.07, 6.45) is 0. The van der Waals surface area contributed by atoms with Crippen molar-refractivity contribution in [1.82, 2.24) is 0 Å². The normalized spacial score (nSPS) is 8.70. The van der Waals surface area contributed by atoms with E-state index in [4.69, 9.17) is 5.11 Å². The van der Waals surface area contributed by atoms with Crippen molar-refractivity contribution in [1.29, 1.82) is 0 Å². The van der Waals surface area contributed by atoms with Crippen LogP contribution in [0.5, 0.6) is 0 Å². The molecule has 0 atom stereocenters. The second-order valence-corrected chi connectivity index (χ2v) is 3.27. The van der Waals surface area contributed by atoms with Gasteiger partial charge in [0.05, 0.1) is 20.5 Å². The molecule has 3 nitrogen and oxygen atoms in total. The summed E-state index contributed by atoms with van der Waals surface area (Å²) in [5.74, 6) is -1.32. The van der Waals surface area contributed by atoms with Crippen LogP contribution in [0.1, 0.15) is 0 Å². The quantitative estimate of drug-likeness (QED) is 0.193. The van der Waals surface area contributed by atoms with Crippen molar-refractivity contribution in [3.63, 3.8) is 0 Å². The van der Waals surface area contributed by atoms with Gasteiger partial charge in [0.1, 0.15) is 5.57 Å². The van der Waals surface area contributed by atoms with Crippen molar-refractivity contribution in [3.8, 4) is 0 Å². The molecule has 0 aliphatic carbocycles. The summed E-state index contributed by atoms with van der Waals surface area (Å²) in [6, 6.07) is 0. The van der Waals surface area contributed by atoms with Gasteiger partial charge in [0.2, 0.25) is 5.12 Å². The molecule has 0 amide bonds. The molecule has 0 aromatic carbocycles. The molecule has 0 aliphatic heterocycles. The van der Waals surface area contributed by atoms with E-state index in [-0.39, 0.29) is 4.82 Å². The lowest BCUT2D eigenvalue weighted by Crippen LogP contribution is -2.10. The van der Waals surface area contributed by atoms with Gasteiger partial charge in [-0.3, -0.25) is 4.79 Å². The average Bonchev–Trinajstić information content (AvgIpc) is 1.59. The van der Waals surface area contributed by atoms with E-state index in [0.717, 1.165) is 0 Å². The first-order valence-corrected chi connectivity index (χ1v) is 3.55. The van der Waals surface area contributed by atoms with E-state index in [9.17, 15) is 9.59 Å². The SMILES string of the molecule is O=C(O)C(C(=O)S)=C([Si])[Si]. The van der Waals surface area contributed by atoms with Crippen LogP contribution >= 0.6 is 12.6 Å². The topological polar surface area (TPSA) is 54.4 Å². The zero-order valence-corrected chi connectivity index (χ0v) is 7.61. The molecule has 0 aromatic heterocycles. The molecule has 0 unspecified atom stereocenters. The Balaban J connectivity index is 4.79. The van der Waals surface area contributed by atoms with Crippen LogP contribution in [0.15, 0.2) is 10.4 Å². The van der Waals surface area contributed by atoms with E-state index >= 15 is 0 Å². The van der Waals surface area contributed by atoms with Crippen molar-refractivity contribution in [2.75, 3.05) is 0 Å². The molecule has 0 fully saturated rings. The smallest absolute Gasteiger partial charge is 0.339 e. The number of hydrogen-bond acceptors (Lipinski definition) is 2. The van der Waals surface area contributed by atoms with Gasteiger partial charge in [0.15, 0.2) is 0 Å². The van der Waals surface area contributed by atoms with Gasteiger partial charge in [0.25, 0.3) is 0 Å². The predicted octanol–water partition coefficient (Wildman–Crippen LogP) is -0.924. The lowest BCUT2D eigenvalue weighted by Gasteiger charge is -1.96. The molecule has 6 radical (unpaired) electrons. The lowest BCUT2D eigenvalue weighted by molar-refractivity contribution is -0.133. The standard InChI is InChI=1S/C4H2O3SSi2/c5-2(6)1(3(7)8)4(9)10/h(H,5,6)(H,7,8). The minimum Gasteiger partial charge on any atom is -0.478 e. The maximum Gasteiger partial charge on any atom is 0.339 e. The van der Waals surface area contributed by atoms with Gasteiger partial charge in [-0.2, -0.15) is 0 Å². The van der Waals surface area contributed by atoms with Crippen LogP contribution in [0.25, 0.3) is 0 Å². The fraction of sp³-hybridized carbons (Fsp3) is 0. The first-order valence-electron chi connectivity index (χ1n) is 2.11. The first kappa shape index (κ1) is 9.66. The molecule has 0 heterocycles. The van der Waals surface area contributed by atoms with Crippen LogP contribution in [0.2, 0.25) is 0 Å². The first-order chi connectivity index (χ1) is 4.46. The van der Waals surface area contributed by atoms with E-state index in [1.807, 2.05) is 0 Å². The van der Waals surface area contributed by atoms with E-state index in [0.29, 0.717) is 0 Å². The van der Waals surface area contributed by atoms with Gasteiger partial charge in [-0.1, -0.05) is 4.82 Å². The fourth-order valence-corrected chi connectivity index (χ4v) is 1.16. The number of aliphatic carboxylic acids is 1. The summed E-state index contributed by atoms with van der Waals surface area (Å²) in [5.41, 5.74) is -0.420. The molecule has 1 N–H and O–H groups in total. The summed E-state index contributed by atoms with van der Waals surface area (Å²) in [5, 5.41) is 7.53. The zero-order valence-electron chi connectivity index (χ0n) is 4.71. The van der Waals surface area contributed by atoms with Crippen molar-refractivity contribution < 1.29 is 14.7 Å². The molecule has 6 heteroatoms. The number of carboxylic acid groups (broad SMARTS) is 1. The Bertz CT molecular complexity index is 191. The Morgan fingerprint density at radius 2 is 1.70 bits per heavy atom. The summed E-state index contributed by atoms with van der Waals surface area (Å²) in [7, 11) is 5.67. The predicted molar refractivity (Wildman–Crippen MR) is 40.2 cm³/mol. The summed E-state index contributed by atoms with van der Waals surface area (Å²) < 4.78 is 0. The number of carbonyl (C=O) groups is 2. The highest BCUT2D eigenvalue weighted by atomic mass is 32.1. The molecule has 0 aromatic rings. The molecule has 0 bridgehead atoms. The Morgan fingerprint density at radius 3 is 1.70 bits per heavy atom. The Labute approximate surface area is 69.8 Å². The highest BCUT2D eigenvalue weighted by molar-refractivity contribution is 7.97. The molecular formula is C4H2O3SSi2. The molecule has 0 saturated carbocycles. The largest absolute Gasteiger partial charge is 0.478 e. The Hall–Kier alpha value is -0.336. The van der Waals surface area contributed by atoms with E-state index in [1.54, 1.807) is 0 Å². The zero-order chi connectivity index (χ0) is 8.31. The van der Waals surface area contributed by atoms with Crippen LogP contribution in [-0.2, 0) is 9.59 Å². The van der Waals surface area contributed by atoms with Crippen molar-refractivity contribution in [2.24, 2.45) is 0 Å². The number of carbonyl (C=O) groups excluding carboxylic acids is 1. The van der Waals surface area contributed by atoms with Crippen LogP contribution in [0, 0.1) is 0 Å². The monoisotopic (exact) mass is 186 g/mol. The van der Waals surface area contributed by atoms with Crippen molar-refractivity contribution >= 4 is 44.2 Å².